The largest absolute Gasteiger partial charge is 0.385 e. The van der Waals surface area contributed by atoms with Crippen LogP contribution in [0.15, 0.2) is 36.5 Å². The Morgan fingerprint density at radius 3 is 2.62 bits per heavy atom. The molecule has 0 aliphatic heterocycles. The van der Waals surface area contributed by atoms with Crippen LogP contribution in [0.3, 0.4) is 0 Å². The lowest BCUT2D eigenvalue weighted by atomic mass is 9.84. The molecule has 0 radical (unpaired) electrons. The SMILES string of the molecule is COC1(C(O)c2ccc3cccnc3c2)CCCCCC1. The quantitative estimate of drug-likeness (QED) is 0.866. The molecule has 1 atom stereocenters. The van der Waals surface area contributed by atoms with Gasteiger partial charge in [0.1, 0.15) is 6.10 Å². The highest BCUT2D eigenvalue weighted by Crippen LogP contribution is 2.40. The molecular formula is C18H23NO2. The van der Waals surface area contributed by atoms with Crippen molar-refractivity contribution in [2.75, 3.05) is 7.11 Å². The van der Waals surface area contributed by atoms with E-state index >= 15 is 0 Å². The molecule has 1 aromatic heterocycles. The van der Waals surface area contributed by atoms with E-state index in [0.29, 0.717) is 0 Å². The maximum absolute atomic E-state index is 10.9. The Morgan fingerprint density at radius 1 is 1.14 bits per heavy atom. The van der Waals surface area contributed by atoms with Crippen LogP contribution in [0.2, 0.25) is 0 Å². The van der Waals surface area contributed by atoms with E-state index in [0.717, 1.165) is 42.1 Å². The highest BCUT2D eigenvalue weighted by molar-refractivity contribution is 5.79. The molecule has 112 valence electrons. The number of pyridine rings is 1. The molecule has 0 amide bonds. The van der Waals surface area contributed by atoms with Crippen molar-refractivity contribution in [3.05, 3.63) is 42.1 Å². The van der Waals surface area contributed by atoms with Gasteiger partial charge in [-0.2, -0.15) is 0 Å². The monoisotopic (exact) mass is 285 g/mol. The highest BCUT2D eigenvalue weighted by atomic mass is 16.5. The highest BCUT2D eigenvalue weighted by Gasteiger charge is 2.39. The number of aliphatic hydroxyl groups is 1. The molecule has 1 N–H and O–H groups in total. The molecule has 1 saturated carbocycles. The van der Waals surface area contributed by atoms with Crippen molar-refractivity contribution in [1.82, 2.24) is 4.98 Å². The predicted molar refractivity (Wildman–Crippen MR) is 84.1 cm³/mol. The van der Waals surface area contributed by atoms with Crippen molar-refractivity contribution in [1.29, 1.82) is 0 Å². The van der Waals surface area contributed by atoms with Crippen molar-refractivity contribution in [3.63, 3.8) is 0 Å². The lowest BCUT2D eigenvalue weighted by Gasteiger charge is -2.36. The number of methoxy groups -OCH3 is 1. The fourth-order valence-electron chi connectivity index (χ4n) is 3.47. The molecule has 1 aliphatic carbocycles. The Kier molecular flexibility index (Phi) is 4.22. The van der Waals surface area contributed by atoms with Crippen LogP contribution in [-0.2, 0) is 4.74 Å². The Labute approximate surface area is 126 Å². The van der Waals surface area contributed by atoms with Gasteiger partial charge in [-0.25, -0.2) is 0 Å². The van der Waals surface area contributed by atoms with Gasteiger partial charge in [-0.05, 0) is 30.5 Å². The third kappa shape index (κ3) is 2.81. The van der Waals surface area contributed by atoms with Gasteiger partial charge in [-0.1, -0.05) is 43.9 Å². The second kappa shape index (κ2) is 6.12. The summed E-state index contributed by atoms with van der Waals surface area (Å²) in [7, 11) is 1.73. The third-order valence-corrected chi connectivity index (χ3v) is 4.80. The normalized spacial score (nSPS) is 20.1. The van der Waals surface area contributed by atoms with Gasteiger partial charge in [0.15, 0.2) is 0 Å². The Morgan fingerprint density at radius 2 is 1.90 bits per heavy atom. The van der Waals surface area contributed by atoms with E-state index in [1.807, 2.05) is 30.3 Å². The van der Waals surface area contributed by atoms with E-state index in [1.165, 1.54) is 12.8 Å². The van der Waals surface area contributed by atoms with Crippen molar-refractivity contribution < 1.29 is 9.84 Å². The van der Waals surface area contributed by atoms with Crippen LogP contribution in [-0.4, -0.2) is 22.8 Å². The molecule has 1 heterocycles. The molecule has 1 aromatic carbocycles. The van der Waals surface area contributed by atoms with Crippen LogP contribution in [0.4, 0.5) is 0 Å². The zero-order valence-electron chi connectivity index (χ0n) is 12.6. The van der Waals surface area contributed by atoms with E-state index in [2.05, 4.69) is 4.98 Å². The van der Waals surface area contributed by atoms with Gasteiger partial charge in [0, 0.05) is 18.7 Å². The molecule has 0 saturated heterocycles. The van der Waals surface area contributed by atoms with Crippen LogP contribution in [0.5, 0.6) is 0 Å². The predicted octanol–water partition coefficient (Wildman–Crippen LogP) is 4.01. The van der Waals surface area contributed by atoms with E-state index in [9.17, 15) is 5.11 Å². The summed E-state index contributed by atoms with van der Waals surface area (Å²) < 4.78 is 5.82. The van der Waals surface area contributed by atoms with E-state index in [4.69, 9.17) is 4.74 Å². The van der Waals surface area contributed by atoms with Crippen LogP contribution < -0.4 is 0 Å². The van der Waals surface area contributed by atoms with Gasteiger partial charge in [-0.3, -0.25) is 4.98 Å². The summed E-state index contributed by atoms with van der Waals surface area (Å²) in [6, 6.07) is 9.99. The first-order chi connectivity index (χ1) is 10.2. The number of aromatic nitrogens is 1. The summed E-state index contributed by atoms with van der Waals surface area (Å²) in [5, 5.41) is 12.0. The van der Waals surface area contributed by atoms with Crippen LogP contribution in [0.25, 0.3) is 10.9 Å². The van der Waals surface area contributed by atoms with Crippen LogP contribution in [0.1, 0.15) is 50.2 Å². The summed E-state index contributed by atoms with van der Waals surface area (Å²) in [6.45, 7) is 0. The summed E-state index contributed by atoms with van der Waals surface area (Å²) in [5.74, 6) is 0. The second-order valence-electron chi connectivity index (χ2n) is 6.04. The van der Waals surface area contributed by atoms with Crippen molar-refractivity contribution in [2.24, 2.45) is 0 Å². The lowest BCUT2D eigenvalue weighted by Crippen LogP contribution is -2.38. The molecule has 0 spiro atoms. The van der Waals surface area contributed by atoms with Gasteiger partial charge in [0.05, 0.1) is 11.1 Å². The summed E-state index contributed by atoms with van der Waals surface area (Å²) in [5.41, 5.74) is 1.39. The number of benzene rings is 1. The van der Waals surface area contributed by atoms with E-state index in [1.54, 1.807) is 13.3 Å². The van der Waals surface area contributed by atoms with E-state index in [-0.39, 0.29) is 0 Å². The Hall–Kier alpha value is -1.45. The summed E-state index contributed by atoms with van der Waals surface area (Å²) in [4.78, 5) is 4.38. The molecule has 3 heteroatoms. The zero-order valence-corrected chi connectivity index (χ0v) is 12.6. The number of rotatable bonds is 3. The maximum Gasteiger partial charge on any atom is 0.108 e. The minimum atomic E-state index is -0.591. The number of ether oxygens (including phenoxy) is 1. The lowest BCUT2D eigenvalue weighted by molar-refractivity contribution is -0.114. The molecule has 1 unspecified atom stereocenters. The fourth-order valence-corrected chi connectivity index (χ4v) is 3.47. The first-order valence-electron chi connectivity index (χ1n) is 7.83. The smallest absolute Gasteiger partial charge is 0.108 e. The zero-order chi connectivity index (χ0) is 14.7. The Bertz CT molecular complexity index is 603. The molecule has 21 heavy (non-hydrogen) atoms. The Balaban J connectivity index is 1.95. The van der Waals surface area contributed by atoms with Gasteiger partial charge in [0.2, 0.25) is 0 Å². The number of hydrogen-bond acceptors (Lipinski definition) is 3. The molecule has 2 aromatic rings. The number of nitrogens with zero attached hydrogens (tertiary/aromatic N) is 1. The van der Waals surface area contributed by atoms with E-state index < -0.39 is 11.7 Å². The third-order valence-electron chi connectivity index (χ3n) is 4.80. The van der Waals surface area contributed by atoms with Crippen molar-refractivity contribution in [3.8, 4) is 0 Å². The first kappa shape index (κ1) is 14.5. The average molecular weight is 285 g/mol. The molecule has 1 fully saturated rings. The van der Waals surface area contributed by atoms with Crippen LogP contribution in [0, 0.1) is 0 Å². The van der Waals surface area contributed by atoms with Gasteiger partial charge in [0.25, 0.3) is 0 Å². The topological polar surface area (TPSA) is 42.4 Å². The number of hydrogen-bond donors (Lipinski definition) is 1. The minimum absolute atomic E-state index is 0.445. The fraction of sp³-hybridized carbons (Fsp3) is 0.500. The molecule has 3 rings (SSSR count). The molecule has 0 bridgehead atoms. The minimum Gasteiger partial charge on any atom is -0.385 e. The molecule has 1 aliphatic rings. The summed E-state index contributed by atoms with van der Waals surface area (Å²) in [6.07, 6.45) is 7.75. The number of aliphatic hydroxyl groups excluding tert-OH is 1. The second-order valence-corrected chi connectivity index (χ2v) is 6.04. The van der Waals surface area contributed by atoms with Gasteiger partial charge >= 0.3 is 0 Å². The maximum atomic E-state index is 10.9. The van der Waals surface area contributed by atoms with Gasteiger partial charge in [-0.15, -0.1) is 0 Å². The average Bonchev–Trinajstić information content (AvgIpc) is 2.80. The number of fused-ring (bicyclic) bond motifs is 1. The molecule has 3 nitrogen and oxygen atoms in total. The van der Waals surface area contributed by atoms with Crippen molar-refractivity contribution in [2.45, 2.75) is 50.2 Å². The molecular weight excluding hydrogens is 262 g/mol. The van der Waals surface area contributed by atoms with Crippen molar-refractivity contribution >= 4 is 10.9 Å². The summed E-state index contributed by atoms with van der Waals surface area (Å²) >= 11 is 0. The van der Waals surface area contributed by atoms with Crippen LogP contribution >= 0.6 is 0 Å². The first-order valence-corrected chi connectivity index (χ1v) is 7.83. The van der Waals surface area contributed by atoms with Gasteiger partial charge < -0.3 is 9.84 Å². The standard InChI is InChI=1S/C18H23NO2/c1-21-18(10-4-2-3-5-11-18)17(20)15-9-8-14-7-6-12-19-16(14)13-15/h6-9,12-13,17,20H,2-5,10-11H2,1H3.